The Labute approximate surface area is 131 Å². The Hall–Kier alpha value is 1.42. The fraction of sp³-hybridized carbons (Fsp3) is 0.750. The molecule has 0 aromatic rings. The molecule has 0 atom stereocenters. The summed E-state index contributed by atoms with van der Waals surface area (Å²) in [6.07, 6.45) is -19.3. The van der Waals surface area contributed by atoms with Gasteiger partial charge in [0.2, 0.25) is 0 Å². The van der Waals surface area contributed by atoms with Crippen LogP contribution < -0.4 is 68.9 Å². The maximum Gasteiger partial charge on any atom is 1.00 e. The van der Waals surface area contributed by atoms with E-state index in [0.29, 0.717) is 0 Å². The first-order chi connectivity index (χ1) is 5.37. The monoisotopic (exact) mass is 352 g/mol. The quantitative estimate of drug-likeness (QED) is 0.433. The third-order valence-electron chi connectivity index (χ3n) is 0.850. The Bertz CT molecular complexity index is 139. The molecule has 80 valence electrons. The minimum absolute atomic E-state index is 0. The first-order valence-electron chi connectivity index (χ1n) is 2.45. The number of hydrogen-bond donors (Lipinski definition) is 0. The van der Waals surface area contributed by atoms with E-state index < -0.39 is 24.4 Å². The SMILES string of the molecule is FC(F)(F)[C-](C(F)(F)F)C(F)(F)F.[Cs+]. The molecule has 0 amide bonds. The molecule has 14 heavy (non-hydrogen) atoms. The smallest absolute Gasteiger partial charge is 0.206 e. The zero-order chi connectivity index (χ0) is 11.1. The van der Waals surface area contributed by atoms with Gasteiger partial charge in [0.05, 0.1) is 0 Å². The summed E-state index contributed by atoms with van der Waals surface area (Å²) in [7, 11) is 0. The van der Waals surface area contributed by atoms with E-state index in [1.165, 1.54) is 0 Å². The molecule has 0 N–H and O–H groups in total. The van der Waals surface area contributed by atoms with Gasteiger partial charge < -0.3 is 0 Å². The largest absolute Gasteiger partial charge is 1.00 e. The molecule has 0 saturated carbocycles. The van der Waals surface area contributed by atoms with E-state index in [4.69, 9.17) is 0 Å². The van der Waals surface area contributed by atoms with Gasteiger partial charge in [-0.3, -0.25) is 0 Å². The second-order valence-corrected chi connectivity index (χ2v) is 1.87. The normalized spacial score (nSPS) is 14.1. The van der Waals surface area contributed by atoms with Crippen molar-refractivity contribution in [3.05, 3.63) is 5.92 Å². The third-order valence-corrected chi connectivity index (χ3v) is 0.850. The molecule has 0 unspecified atom stereocenters. The van der Waals surface area contributed by atoms with Crippen LogP contribution in [0.3, 0.4) is 0 Å². The standard InChI is InChI=1S/C4F9.Cs/c5-2(6,7)1(3(8,9)10)4(11,12)13;/q-1;+1. The molecule has 0 aliphatic heterocycles. The molecule has 0 nitrogen and oxygen atoms in total. The molecule has 0 aromatic heterocycles. The molecule has 10 heteroatoms. The zero-order valence-corrected chi connectivity index (χ0v) is 12.7. The molecule has 0 fully saturated rings. The summed E-state index contributed by atoms with van der Waals surface area (Å²) in [5.74, 6) is -4.35. The van der Waals surface area contributed by atoms with Gasteiger partial charge in [0.15, 0.2) is 0 Å². The van der Waals surface area contributed by atoms with E-state index in [2.05, 4.69) is 0 Å². The maximum atomic E-state index is 11.2. The van der Waals surface area contributed by atoms with Gasteiger partial charge in [0, 0.05) is 0 Å². The summed E-state index contributed by atoms with van der Waals surface area (Å²) in [4.78, 5) is 0. The van der Waals surface area contributed by atoms with Gasteiger partial charge in [-0.05, 0) is 5.92 Å². The predicted octanol–water partition coefficient (Wildman–Crippen LogP) is 0.252. The van der Waals surface area contributed by atoms with Gasteiger partial charge >= 0.3 is 68.9 Å². The summed E-state index contributed by atoms with van der Waals surface area (Å²) >= 11 is 0. The summed E-state index contributed by atoms with van der Waals surface area (Å²) in [6.45, 7) is 0. The van der Waals surface area contributed by atoms with Crippen molar-refractivity contribution in [3.63, 3.8) is 0 Å². The van der Waals surface area contributed by atoms with Crippen LogP contribution in [0.1, 0.15) is 0 Å². The molecule has 0 bridgehead atoms. The first kappa shape index (κ1) is 17.8. The molecule has 0 heterocycles. The van der Waals surface area contributed by atoms with Crippen LogP contribution in [0.15, 0.2) is 0 Å². The van der Waals surface area contributed by atoms with Gasteiger partial charge in [-0.15, -0.1) is 0 Å². The molecular formula is C4CsF9. The van der Waals surface area contributed by atoms with Gasteiger partial charge in [0.1, 0.15) is 0 Å². The Morgan fingerprint density at radius 2 is 0.643 bits per heavy atom. The van der Waals surface area contributed by atoms with Crippen LogP contribution in [-0.2, 0) is 0 Å². The van der Waals surface area contributed by atoms with E-state index in [1.807, 2.05) is 0 Å². The zero-order valence-electron chi connectivity index (χ0n) is 6.40. The van der Waals surface area contributed by atoms with Gasteiger partial charge in [-0.1, -0.05) is 0 Å². The number of halogens is 9. The predicted molar refractivity (Wildman–Crippen MR) is 21.4 cm³/mol. The van der Waals surface area contributed by atoms with E-state index in [1.54, 1.807) is 0 Å². The number of hydrogen-bond acceptors (Lipinski definition) is 0. The van der Waals surface area contributed by atoms with Crippen molar-refractivity contribution in [2.24, 2.45) is 0 Å². The van der Waals surface area contributed by atoms with Crippen molar-refractivity contribution in [1.82, 2.24) is 0 Å². The van der Waals surface area contributed by atoms with E-state index in [-0.39, 0.29) is 68.9 Å². The Morgan fingerprint density at radius 3 is 0.643 bits per heavy atom. The van der Waals surface area contributed by atoms with Crippen molar-refractivity contribution in [2.75, 3.05) is 0 Å². The molecule has 0 aliphatic rings. The van der Waals surface area contributed by atoms with Crippen LogP contribution in [0.25, 0.3) is 0 Å². The van der Waals surface area contributed by atoms with Crippen LogP contribution in [0.5, 0.6) is 0 Å². The Morgan fingerprint density at radius 1 is 0.500 bits per heavy atom. The molecule has 0 rings (SSSR count). The fourth-order valence-electron chi connectivity index (χ4n) is 0.482. The van der Waals surface area contributed by atoms with Crippen molar-refractivity contribution in [2.45, 2.75) is 18.5 Å². The van der Waals surface area contributed by atoms with E-state index in [0.717, 1.165) is 0 Å². The van der Waals surface area contributed by atoms with E-state index >= 15 is 0 Å². The summed E-state index contributed by atoms with van der Waals surface area (Å²) < 4.78 is 101. The summed E-state index contributed by atoms with van der Waals surface area (Å²) in [6, 6.07) is 0. The van der Waals surface area contributed by atoms with Crippen molar-refractivity contribution >= 4 is 0 Å². The van der Waals surface area contributed by atoms with Gasteiger partial charge in [-0.25, -0.2) is 39.5 Å². The van der Waals surface area contributed by atoms with Gasteiger partial charge in [0.25, 0.3) is 18.5 Å². The molecule has 0 saturated heterocycles. The van der Waals surface area contributed by atoms with Gasteiger partial charge in [-0.2, -0.15) is 0 Å². The molecule has 0 aliphatic carbocycles. The Kier molecular flexibility index (Phi) is 6.57. The topological polar surface area (TPSA) is 0 Å². The summed E-state index contributed by atoms with van der Waals surface area (Å²) in [5, 5.41) is 0. The fourth-order valence-corrected chi connectivity index (χ4v) is 0.482. The van der Waals surface area contributed by atoms with Crippen LogP contribution >= 0.6 is 0 Å². The van der Waals surface area contributed by atoms with Crippen LogP contribution in [0, 0.1) is 5.92 Å². The molecule has 0 aromatic carbocycles. The van der Waals surface area contributed by atoms with Crippen LogP contribution in [0.4, 0.5) is 39.5 Å². The average Bonchev–Trinajstić information content (AvgIpc) is 1.44. The van der Waals surface area contributed by atoms with Crippen LogP contribution in [-0.4, -0.2) is 18.5 Å². The van der Waals surface area contributed by atoms with Crippen molar-refractivity contribution in [3.8, 4) is 0 Å². The van der Waals surface area contributed by atoms with Crippen molar-refractivity contribution < 1.29 is 108 Å². The second-order valence-electron chi connectivity index (χ2n) is 1.87. The van der Waals surface area contributed by atoms with Crippen LogP contribution in [0.2, 0.25) is 0 Å². The Balaban J connectivity index is 0. The second kappa shape index (κ2) is 5.17. The first-order valence-corrected chi connectivity index (χ1v) is 2.45. The maximum absolute atomic E-state index is 11.2. The number of alkyl halides is 9. The third kappa shape index (κ3) is 5.49. The molecular weight excluding hydrogens is 352 g/mol. The number of rotatable bonds is 0. The molecule has 0 spiro atoms. The van der Waals surface area contributed by atoms with E-state index in [9.17, 15) is 39.5 Å². The molecule has 0 radical (unpaired) electrons. The minimum Gasteiger partial charge on any atom is -0.206 e. The average molecular weight is 352 g/mol. The minimum atomic E-state index is -6.45. The van der Waals surface area contributed by atoms with Crippen molar-refractivity contribution in [1.29, 1.82) is 0 Å². The summed E-state index contributed by atoms with van der Waals surface area (Å²) in [5.41, 5.74) is 0.